The minimum atomic E-state index is 0.680. The van der Waals surface area contributed by atoms with Crippen LogP contribution >= 0.6 is 12.2 Å². The molecule has 0 radical (unpaired) electrons. The van der Waals surface area contributed by atoms with Crippen molar-refractivity contribution in [1.82, 2.24) is 15.0 Å². The Kier molecular flexibility index (Phi) is 3.64. The van der Waals surface area contributed by atoms with E-state index in [0.29, 0.717) is 4.64 Å². The van der Waals surface area contributed by atoms with Gasteiger partial charge in [0.05, 0.1) is 5.69 Å². The second kappa shape index (κ2) is 5.19. The van der Waals surface area contributed by atoms with Crippen LogP contribution in [0.4, 0.5) is 0 Å². The molecule has 4 heteroatoms. The van der Waals surface area contributed by atoms with Crippen molar-refractivity contribution < 1.29 is 0 Å². The van der Waals surface area contributed by atoms with Crippen molar-refractivity contribution in [1.29, 1.82) is 0 Å². The Labute approximate surface area is 106 Å². The summed E-state index contributed by atoms with van der Waals surface area (Å²) in [5.74, 6) is 0.954. The van der Waals surface area contributed by atoms with Crippen molar-refractivity contribution in [3.8, 4) is 11.3 Å². The molecule has 0 amide bonds. The van der Waals surface area contributed by atoms with E-state index >= 15 is 0 Å². The predicted molar refractivity (Wildman–Crippen MR) is 71.4 cm³/mol. The molecule has 0 unspecified atom stereocenters. The normalized spacial score (nSPS) is 10.5. The lowest BCUT2D eigenvalue weighted by Gasteiger charge is -2.08. The minimum absolute atomic E-state index is 0.680. The topological polar surface area (TPSA) is 41.6 Å². The number of pyridine rings is 1. The van der Waals surface area contributed by atoms with Gasteiger partial charge in [-0.3, -0.25) is 4.98 Å². The van der Waals surface area contributed by atoms with Gasteiger partial charge in [-0.2, -0.15) is 0 Å². The maximum Gasteiger partial charge on any atom is 0.133 e. The summed E-state index contributed by atoms with van der Waals surface area (Å²) in [7, 11) is 0. The van der Waals surface area contributed by atoms with Crippen LogP contribution in [0.5, 0.6) is 0 Å². The van der Waals surface area contributed by atoms with E-state index in [1.807, 2.05) is 19.1 Å². The highest BCUT2D eigenvalue weighted by molar-refractivity contribution is 7.71. The SMILES string of the molecule is CCCc1nc(=S)c(C)c(-c2ccncc2)[nH]1. The van der Waals surface area contributed by atoms with Crippen molar-refractivity contribution in [3.05, 3.63) is 40.6 Å². The molecular formula is C13H15N3S. The lowest BCUT2D eigenvalue weighted by Crippen LogP contribution is -2.00. The molecule has 0 bridgehead atoms. The number of hydrogen-bond acceptors (Lipinski definition) is 3. The van der Waals surface area contributed by atoms with E-state index in [0.717, 1.165) is 35.5 Å². The molecule has 0 aliphatic carbocycles. The molecule has 2 aromatic heterocycles. The van der Waals surface area contributed by atoms with Crippen molar-refractivity contribution in [3.63, 3.8) is 0 Å². The van der Waals surface area contributed by atoms with Crippen molar-refractivity contribution in [2.24, 2.45) is 0 Å². The Morgan fingerprint density at radius 1 is 1.29 bits per heavy atom. The lowest BCUT2D eigenvalue weighted by atomic mass is 10.1. The monoisotopic (exact) mass is 245 g/mol. The fraction of sp³-hybridized carbons (Fsp3) is 0.308. The van der Waals surface area contributed by atoms with Gasteiger partial charge in [0.1, 0.15) is 10.5 Å². The molecule has 0 atom stereocenters. The molecule has 0 aliphatic heterocycles. The highest BCUT2D eigenvalue weighted by Crippen LogP contribution is 2.20. The van der Waals surface area contributed by atoms with Gasteiger partial charge in [-0.15, -0.1) is 0 Å². The molecule has 1 N–H and O–H groups in total. The number of hydrogen-bond donors (Lipinski definition) is 1. The molecule has 2 heterocycles. The van der Waals surface area contributed by atoms with Gasteiger partial charge >= 0.3 is 0 Å². The van der Waals surface area contributed by atoms with E-state index in [1.165, 1.54) is 0 Å². The van der Waals surface area contributed by atoms with Gasteiger partial charge in [0, 0.05) is 29.9 Å². The van der Waals surface area contributed by atoms with E-state index in [9.17, 15) is 0 Å². The van der Waals surface area contributed by atoms with E-state index in [1.54, 1.807) is 12.4 Å². The zero-order valence-corrected chi connectivity index (χ0v) is 10.8. The smallest absolute Gasteiger partial charge is 0.133 e. The molecule has 88 valence electrons. The van der Waals surface area contributed by atoms with Gasteiger partial charge in [-0.05, 0) is 25.5 Å². The van der Waals surface area contributed by atoms with Crippen LogP contribution in [0.1, 0.15) is 24.7 Å². The number of aryl methyl sites for hydroxylation is 1. The summed E-state index contributed by atoms with van der Waals surface area (Å²) in [6.07, 6.45) is 5.54. The van der Waals surface area contributed by atoms with E-state index < -0.39 is 0 Å². The van der Waals surface area contributed by atoms with Gasteiger partial charge in [0.2, 0.25) is 0 Å². The number of aromatic amines is 1. The average molecular weight is 245 g/mol. The lowest BCUT2D eigenvalue weighted by molar-refractivity contribution is 0.829. The van der Waals surface area contributed by atoms with Crippen LogP contribution in [-0.4, -0.2) is 15.0 Å². The molecular weight excluding hydrogens is 230 g/mol. The largest absolute Gasteiger partial charge is 0.343 e. The number of nitrogens with zero attached hydrogens (tertiary/aromatic N) is 2. The van der Waals surface area contributed by atoms with Crippen LogP contribution in [0.25, 0.3) is 11.3 Å². The minimum Gasteiger partial charge on any atom is -0.343 e. The average Bonchev–Trinajstić information content (AvgIpc) is 2.35. The Balaban J connectivity index is 2.57. The molecule has 0 fully saturated rings. The second-order valence-electron chi connectivity index (χ2n) is 3.97. The van der Waals surface area contributed by atoms with Gasteiger partial charge in [-0.25, -0.2) is 4.98 Å². The first-order valence-corrected chi connectivity index (χ1v) is 6.13. The van der Waals surface area contributed by atoms with Crippen molar-refractivity contribution in [2.45, 2.75) is 26.7 Å². The Hall–Kier alpha value is -1.55. The molecule has 2 aromatic rings. The quantitative estimate of drug-likeness (QED) is 0.842. The van der Waals surface area contributed by atoms with Crippen LogP contribution in [0.15, 0.2) is 24.5 Å². The summed E-state index contributed by atoms with van der Waals surface area (Å²) in [5.41, 5.74) is 3.17. The van der Waals surface area contributed by atoms with Gasteiger partial charge in [0.15, 0.2) is 0 Å². The highest BCUT2D eigenvalue weighted by Gasteiger charge is 2.06. The second-order valence-corrected chi connectivity index (χ2v) is 4.36. The molecule has 0 saturated carbocycles. The number of nitrogens with one attached hydrogen (secondary N) is 1. The summed E-state index contributed by atoms with van der Waals surface area (Å²) in [5, 5.41) is 0. The van der Waals surface area contributed by atoms with Crippen LogP contribution in [0, 0.1) is 11.6 Å². The molecule has 0 saturated heterocycles. The summed E-state index contributed by atoms with van der Waals surface area (Å²) in [6.45, 7) is 4.13. The Bertz CT molecular complexity index is 561. The standard InChI is InChI=1S/C13H15N3S/c1-3-4-11-15-12(9(2)13(17)16-11)10-5-7-14-8-6-10/h5-8H,3-4H2,1-2H3,(H,15,16,17). The molecule has 0 spiro atoms. The Morgan fingerprint density at radius 2 is 2.00 bits per heavy atom. The first-order valence-electron chi connectivity index (χ1n) is 5.72. The van der Waals surface area contributed by atoms with E-state index in [4.69, 9.17) is 12.2 Å². The third-order valence-corrected chi connectivity index (χ3v) is 3.05. The van der Waals surface area contributed by atoms with Gasteiger partial charge < -0.3 is 4.98 Å². The van der Waals surface area contributed by atoms with Crippen LogP contribution in [-0.2, 0) is 6.42 Å². The van der Waals surface area contributed by atoms with Crippen LogP contribution in [0.3, 0.4) is 0 Å². The Morgan fingerprint density at radius 3 is 2.65 bits per heavy atom. The maximum absolute atomic E-state index is 5.30. The number of H-pyrrole nitrogens is 1. The molecule has 0 aliphatic rings. The van der Waals surface area contributed by atoms with Crippen LogP contribution < -0.4 is 0 Å². The third kappa shape index (κ3) is 2.58. The fourth-order valence-corrected chi connectivity index (χ4v) is 1.95. The molecule has 2 rings (SSSR count). The van der Waals surface area contributed by atoms with Gasteiger partial charge in [0.25, 0.3) is 0 Å². The number of rotatable bonds is 3. The zero-order valence-electron chi connectivity index (χ0n) is 10.0. The van der Waals surface area contributed by atoms with Crippen molar-refractivity contribution >= 4 is 12.2 Å². The first kappa shape index (κ1) is 11.9. The third-order valence-electron chi connectivity index (χ3n) is 2.66. The highest BCUT2D eigenvalue weighted by atomic mass is 32.1. The molecule has 17 heavy (non-hydrogen) atoms. The summed E-state index contributed by atoms with van der Waals surface area (Å²) in [6, 6.07) is 3.95. The van der Waals surface area contributed by atoms with Crippen molar-refractivity contribution in [2.75, 3.05) is 0 Å². The first-order chi connectivity index (χ1) is 8.22. The molecule has 3 nitrogen and oxygen atoms in total. The van der Waals surface area contributed by atoms with Gasteiger partial charge in [-0.1, -0.05) is 19.1 Å². The maximum atomic E-state index is 5.30. The van der Waals surface area contributed by atoms with E-state index in [2.05, 4.69) is 21.9 Å². The van der Waals surface area contributed by atoms with Crippen LogP contribution in [0.2, 0.25) is 0 Å². The fourth-order valence-electron chi connectivity index (χ4n) is 1.74. The zero-order chi connectivity index (χ0) is 12.3. The van der Waals surface area contributed by atoms with E-state index in [-0.39, 0.29) is 0 Å². The molecule has 0 aromatic carbocycles. The summed E-state index contributed by atoms with van der Waals surface area (Å²) in [4.78, 5) is 11.8. The predicted octanol–water partition coefficient (Wildman–Crippen LogP) is 3.46. The number of aromatic nitrogens is 3. The summed E-state index contributed by atoms with van der Waals surface area (Å²) < 4.78 is 0.680. The summed E-state index contributed by atoms with van der Waals surface area (Å²) >= 11 is 5.30.